The Hall–Kier alpha value is -0.640. The second-order valence-corrected chi connectivity index (χ2v) is 2.77. The molecule has 0 fully saturated rings. The van der Waals surface area contributed by atoms with E-state index in [1.54, 1.807) is 6.08 Å². The fourth-order valence-electron chi connectivity index (χ4n) is 0.679. The smallest absolute Gasteiger partial charge is 0.258 e. The highest BCUT2D eigenvalue weighted by Crippen LogP contribution is 2.20. The van der Waals surface area contributed by atoms with Gasteiger partial charge in [0, 0.05) is 17.0 Å². The fraction of sp³-hybridized carbons (Fsp3) is 0.167. The predicted octanol–water partition coefficient (Wildman–Crippen LogP) is 2.03. The summed E-state index contributed by atoms with van der Waals surface area (Å²) in [6.45, 7) is 0. The van der Waals surface area contributed by atoms with E-state index in [2.05, 4.69) is 15.9 Å². The van der Waals surface area contributed by atoms with E-state index in [9.17, 15) is 10.1 Å². The van der Waals surface area contributed by atoms with Crippen LogP contribution in [0.2, 0.25) is 0 Å². The fourth-order valence-corrected chi connectivity index (χ4v) is 1.10. The van der Waals surface area contributed by atoms with Gasteiger partial charge in [-0.3, -0.25) is 10.1 Å². The number of halogens is 1. The maximum absolute atomic E-state index is 10.2. The topological polar surface area (TPSA) is 43.1 Å². The summed E-state index contributed by atoms with van der Waals surface area (Å²) in [6, 6.07) is 0. The molecule has 3 nitrogen and oxygen atoms in total. The number of hydrogen-bond acceptors (Lipinski definition) is 2. The Balaban J connectivity index is 2.79. The average molecular weight is 203 g/mol. The van der Waals surface area contributed by atoms with Crippen LogP contribution in [0.1, 0.15) is 6.42 Å². The molecule has 0 aliphatic heterocycles. The molecule has 4 heteroatoms. The van der Waals surface area contributed by atoms with Crippen LogP contribution >= 0.6 is 15.9 Å². The zero-order valence-corrected chi connectivity index (χ0v) is 6.67. The average Bonchev–Trinajstić information content (AvgIpc) is 1.88. The van der Waals surface area contributed by atoms with E-state index >= 15 is 0 Å². The van der Waals surface area contributed by atoms with Gasteiger partial charge in [-0.05, 0) is 12.5 Å². The first kappa shape index (κ1) is 7.47. The van der Waals surface area contributed by atoms with E-state index < -0.39 is 4.92 Å². The molecule has 0 atom stereocenters. The van der Waals surface area contributed by atoms with Crippen molar-refractivity contribution in [1.29, 1.82) is 0 Å². The molecule has 1 aliphatic carbocycles. The summed E-state index contributed by atoms with van der Waals surface area (Å²) in [7, 11) is 0. The maximum atomic E-state index is 10.2. The summed E-state index contributed by atoms with van der Waals surface area (Å²) in [4.78, 5) is 9.76. The summed E-state index contributed by atoms with van der Waals surface area (Å²) in [5.41, 5.74) is 0.161. The first-order chi connectivity index (χ1) is 4.70. The van der Waals surface area contributed by atoms with Crippen LogP contribution < -0.4 is 0 Å². The lowest BCUT2D eigenvalue weighted by molar-refractivity contribution is -0.419. The lowest BCUT2D eigenvalue weighted by Crippen LogP contribution is -1.99. The van der Waals surface area contributed by atoms with E-state index in [1.165, 1.54) is 6.08 Å². The van der Waals surface area contributed by atoms with Gasteiger partial charge >= 0.3 is 0 Å². The molecule has 0 unspecified atom stereocenters. The highest BCUT2D eigenvalue weighted by atomic mass is 79.9. The Bertz CT molecular complexity index is 220. The number of allylic oxidation sites excluding steroid dienone is 3. The lowest BCUT2D eigenvalue weighted by atomic mass is 10.1. The molecular formula is C6H5BrNO2. The van der Waals surface area contributed by atoms with Gasteiger partial charge in [-0.15, -0.1) is 0 Å². The van der Waals surface area contributed by atoms with Gasteiger partial charge in [-0.25, -0.2) is 0 Å². The van der Waals surface area contributed by atoms with Gasteiger partial charge in [0.1, 0.15) is 0 Å². The molecule has 10 heavy (non-hydrogen) atoms. The quantitative estimate of drug-likeness (QED) is 0.483. The molecule has 1 radical (unpaired) electrons. The van der Waals surface area contributed by atoms with Crippen LogP contribution in [0, 0.1) is 16.5 Å². The van der Waals surface area contributed by atoms with Gasteiger partial charge in [0.15, 0.2) is 0 Å². The van der Waals surface area contributed by atoms with Crippen molar-refractivity contribution < 1.29 is 4.92 Å². The van der Waals surface area contributed by atoms with Gasteiger partial charge < -0.3 is 0 Å². The zero-order valence-electron chi connectivity index (χ0n) is 5.08. The number of nitrogens with zero attached hydrogens (tertiary/aromatic N) is 1. The van der Waals surface area contributed by atoms with E-state index in [1.807, 2.05) is 6.42 Å². The second kappa shape index (κ2) is 2.96. The van der Waals surface area contributed by atoms with Crippen LogP contribution in [0.4, 0.5) is 0 Å². The van der Waals surface area contributed by atoms with Crippen molar-refractivity contribution in [2.24, 2.45) is 0 Å². The van der Waals surface area contributed by atoms with Crippen LogP contribution in [0.5, 0.6) is 0 Å². The van der Waals surface area contributed by atoms with Gasteiger partial charge in [0.25, 0.3) is 5.70 Å². The minimum Gasteiger partial charge on any atom is -0.258 e. The van der Waals surface area contributed by atoms with Crippen molar-refractivity contribution >= 4 is 15.9 Å². The monoisotopic (exact) mass is 202 g/mol. The Morgan fingerprint density at radius 3 is 2.80 bits per heavy atom. The van der Waals surface area contributed by atoms with E-state index in [0.717, 1.165) is 4.48 Å². The summed E-state index contributed by atoms with van der Waals surface area (Å²) in [5, 5.41) is 10.2. The van der Waals surface area contributed by atoms with Crippen LogP contribution in [0.3, 0.4) is 0 Å². The molecule has 0 bridgehead atoms. The van der Waals surface area contributed by atoms with E-state index in [0.29, 0.717) is 6.42 Å². The summed E-state index contributed by atoms with van der Waals surface area (Å²) in [5.74, 6) is 0. The van der Waals surface area contributed by atoms with Gasteiger partial charge in [0.05, 0.1) is 4.92 Å². The van der Waals surface area contributed by atoms with Gasteiger partial charge in [0.2, 0.25) is 0 Å². The minimum absolute atomic E-state index is 0.161. The van der Waals surface area contributed by atoms with Crippen LogP contribution in [0.25, 0.3) is 0 Å². The standard InChI is InChI=1S/C6H5BrNO2/c7-5-2-1-3-6(4-5)8(9)10/h2-4H,1H2. The van der Waals surface area contributed by atoms with Crippen molar-refractivity contribution in [3.63, 3.8) is 0 Å². The molecule has 53 valence electrons. The summed E-state index contributed by atoms with van der Waals surface area (Å²) < 4.78 is 0.779. The largest absolute Gasteiger partial charge is 0.266 e. The lowest BCUT2D eigenvalue weighted by Gasteiger charge is -2.00. The molecule has 0 saturated carbocycles. The SMILES string of the molecule is O=[N+]([O-])C1=CC[CH]C(Br)=C1. The third-order valence-corrected chi connectivity index (χ3v) is 1.69. The molecule has 0 amide bonds. The Morgan fingerprint density at radius 2 is 2.40 bits per heavy atom. The van der Waals surface area contributed by atoms with E-state index in [-0.39, 0.29) is 5.70 Å². The molecule has 0 N–H and O–H groups in total. The minimum atomic E-state index is -0.395. The molecule has 0 saturated heterocycles. The highest BCUT2D eigenvalue weighted by Gasteiger charge is 2.11. The third kappa shape index (κ3) is 1.67. The zero-order chi connectivity index (χ0) is 7.56. The number of nitro groups is 1. The normalized spacial score (nSPS) is 17.7. The summed E-state index contributed by atoms with van der Waals surface area (Å²) >= 11 is 3.16. The summed E-state index contributed by atoms with van der Waals surface area (Å²) in [6.07, 6.45) is 5.56. The molecule has 0 aromatic heterocycles. The van der Waals surface area contributed by atoms with Crippen LogP contribution in [-0.2, 0) is 0 Å². The maximum Gasteiger partial charge on any atom is 0.266 e. The van der Waals surface area contributed by atoms with Crippen molar-refractivity contribution in [1.82, 2.24) is 0 Å². The van der Waals surface area contributed by atoms with E-state index in [4.69, 9.17) is 0 Å². The molecule has 1 aliphatic rings. The molecule has 1 rings (SSSR count). The molecule has 0 aromatic carbocycles. The van der Waals surface area contributed by atoms with Crippen LogP contribution in [-0.4, -0.2) is 4.92 Å². The Morgan fingerprint density at radius 1 is 1.70 bits per heavy atom. The van der Waals surface area contributed by atoms with Crippen molar-refractivity contribution in [2.75, 3.05) is 0 Å². The highest BCUT2D eigenvalue weighted by molar-refractivity contribution is 9.11. The molecular weight excluding hydrogens is 198 g/mol. The molecule has 0 aromatic rings. The number of hydrogen-bond donors (Lipinski definition) is 0. The number of rotatable bonds is 1. The van der Waals surface area contributed by atoms with Crippen molar-refractivity contribution in [2.45, 2.75) is 6.42 Å². The van der Waals surface area contributed by atoms with Crippen LogP contribution in [0.15, 0.2) is 22.3 Å². The molecule has 0 spiro atoms. The van der Waals surface area contributed by atoms with Gasteiger partial charge in [-0.2, -0.15) is 0 Å². The van der Waals surface area contributed by atoms with Crippen molar-refractivity contribution in [3.05, 3.63) is 38.9 Å². The third-order valence-electron chi connectivity index (χ3n) is 1.14. The second-order valence-electron chi connectivity index (χ2n) is 1.86. The predicted molar refractivity (Wildman–Crippen MR) is 41.0 cm³/mol. The first-order valence-corrected chi connectivity index (χ1v) is 3.54. The molecule has 0 heterocycles. The Kier molecular flexibility index (Phi) is 2.21. The van der Waals surface area contributed by atoms with Crippen molar-refractivity contribution in [3.8, 4) is 0 Å². The Labute approximate surface area is 66.7 Å². The van der Waals surface area contributed by atoms with Gasteiger partial charge in [-0.1, -0.05) is 15.9 Å². The first-order valence-electron chi connectivity index (χ1n) is 2.75.